The van der Waals surface area contributed by atoms with Gasteiger partial charge in [-0.3, -0.25) is 9.48 Å². The largest absolute Gasteiger partial charge is 0.321 e. The van der Waals surface area contributed by atoms with Crippen LogP contribution in [0.25, 0.3) is 0 Å². The van der Waals surface area contributed by atoms with Gasteiger partial charge >= 0.3 is 0 Å². The fourth-order valence-electron chi connectivity index (χ4n) is 2.45. The summed E-state index contributed by atoms with van der Waals surface area (Å²) in [5, 5.41) is 10.6. The molecule has 1 unspecified atom stereocenters. The molecule has 0 radical (unpaired) electrons. The normalized spacial score (nSPS) is 18.4. The van der Waals surface area contributed by atoms with Gasteiger partial charge < -0.3 is 10.6 Å². The first-order chi connectivity index (χ1) is 10.2. The second-order valence-corrected chi connectivity index (χ2v) is 6.06. The standard InChI is InChI=1S/C15H17BrN4O/c16-11-3-5-12(6-4-11)18-15(21)14-7-9-20(19-14)13-2-1-8-17-10-13/h3-7,9,13,17H,1-2,8,10H2,(H,18,21). The average Bonchev–Trinajstić information content (AvgIpc) is 3.00. The average molecular weight is 349 g/mol. The van der Waals surface area contributed by atoms with E-state index in [1.165, 1.54) is 0 Å². The number of carbonyl (C=O) groups is 1. The van der Waals surface area contributed by atoms with E-state index in [2.05, 4.69) is 31.7 Å². The summed E-state index contributed by atoms with van der Waals surface area (Å²) in [6, 6.07) is 9.59. The number of amides is 1. The molecule has 1 atom stereocenters. The number of benzene rings is 1. The number of halogens is 1. The molecule has 0 aliphatic carbocycles. The summed E-state index contributed by atoms with van der Waals surface area (Å²) in [6.07, 6.45) is 4.13. The van der Waals surface area contributed by atoms with Gasteiger partial charge in [0.05, 0.1) is 6.04 Å². The highest BCUT2D eigenvalue weighted by Crippen LogP contribution is 2.17. The van der Waals surface area contributed by atoms with E-state index in [9.17, 15) is 4.79 Å². The van der Waals surface area contributed by atoms with Crippen LogP contribution in [0.1, 0.15) is 29.4 Å². The van der Waals surface area contributed by atoms with Crippen LogP contribution in [0.15, 0.2) is 41.0 Å². The molecule has 0 saturated carbocycles. The Kier molecular flexibility index (Phi) is 4.36. The minimum atomic E-state index is -0.181. The second kappa shape index (κ2) is 6.41. The molecule has 6 heteroatoms. The van der Waals surface area contributed by atoms with E-state index in [1.54, 1.807) is 6.07 Å². The quantitative estimate of drug-likeness (QED) is 0.896. The van der Waals surface area contributed by atoms with Crippen LogP contribution < -0.4 is 10.6 Å². The highest BCUT2D eigenvalue weighted by molar-refractivity contribution is 9.10. The number of carbonyl (C=O) groups excluding carboxylic acids is 1. The van der Waals surface area contributed by atoms with Gasteiger partial charge in [-0.05, 0) is 49.7 Å². The van der Waals surface area contributed by atoms with Crippen molar-refractivity contribution < 1.29 is 4.79 Å². The Morgan fingerprint density at radius 3 is 2.86 bits per heavy atom. The monoisotopic (exact) mass is 348 g/mol. The minimum absolute atomic E-state index is 0.181. The number of hydrogen-bond donors (Lipinski definition) is 2. The van der Waals surface area contributed by atoms with E-state index in [0.717, 1.165) is 36.1 Å². The molecule has 5 nitrogen and oxygen atoms in total. The topological polar surface area (TPSA) is 59.0 Å². The molecule has 1 fully saturated rings. The third kappa shape index (κ3) is 3.51. The molecule has 110 valence electrons. The zero-order valence-electron chi connectivity index (χ0n) is 11.6. The zero-order valence-corrected chi connectivity index (χ0v) is 13.1. The van der Waals surface area contributed by atoms with Crippen LogP contribution in [0.5, 0.6) is 0 Å². The molecule has 2 N–H and O–H groups in total. The van der Waals surface area contributed by atoms with Crippen LogP contribution in [0.3, 0.4) is 0 Å². The van der Waals surface area contributed by atoms with Crippen LogP contribution in [0.4, 0.5) is 5.69 Å². The number of nitrogens with one attached hydrogen (secondary N) is 2. The molecular weight excluding hydrogens is 332 g/mol. The second-order valence-electron chi connectivity index (χ2n) is 5.14. The lowest BCUT2D eigenvalue weighted by atomic mass is 10.1. The van der Waals surface area contributed by atoms with Crippen LogP contribution in [0, 0.1) is 0 Å². The maximum atomic E-state index is 12.2. The third-order valence-corrected chi connectivity index (χ3v) is 4.12. The highest BCUT2D eigenvalue weighted by Gasteiger charge is 2.17. The molecule has 21 heavy (non-hydrogen) atoms. The van der Waals surface area contributed by atoms with Crippen LogP contribution >= 0.6 is 15.9 Å². The number of piperidine rings is 1. The molecule has 1 aliphatic heterocycles. The summed E-state index contributed by atoms with van der Waals surface area (Å²) < 4.78 is 2.87. The highest BCUT2D eigenvalue weighted by atomic mass is 79.9. The number of hydrogen-bond acceptors (Lipinski definition) is 3. The molecular formula is C15H17BrN4O. The Bertz CT molecular complexity index is 617. The predicted molar refractivity (Wildman–Crippen MR) is 85.5 cm³/mol. The predicted octanol–water partition coefficient (Wildman–Crippen LogP) is 2.82. The van der Waals surface area contributed by atoms with Gasteiger partial charge in [0.15, 0.2) is 5.69 Å². The molecule has 1 amide bonds. The maximum Gasteiger partial charge on any atom is 0.276 e. The summed E-state index contributed by atoms with van der Waals surface area (Å²) in [5.74, 6) is -0.181. The van der Waals surface area contributed by atoms with Gasteiger partial charge in [0.2, 0.25) is 0 Å². The molecule has 1 saturated heterocycles. The van der Waals surface area contributed by atoms with Crippen molar-refractivity contribution in [1.82, 2.24) is 15.1 Å². The smallest absolute Gasteiger partial charge is 0.276 e. The fourth-order valence-corrected chi connectivity index (χ4v) is 2.71. The van der Waals surface area contributed by atoms with Gasteiger partial charge in [0.1, 0.15) is 0 Å². The van der Waals surface area contributed by atoms with E-state index >= 15 is 0 Å². The zero-order chi connectivity index (χ0) is 14.7. The first-order valence-electron chi connectivity index (χ1n) is 7.05. The minimum Gasteiger partial charge on any atom is -0.321 e. The van der Waals surface area contributed by atoms with Crippen molar-refractivity contribution in [3.05, 3.63) is 46.7 Å². The van der Waals surface area contributed by atoms with Gasteiger partial charge in [-0.1, -0.05) is 15.9 Å². The van der Waals surface area contributed by atoms with Crippen molar-refractivity contribution in [2.75, 3.05) is 18.4 Å². The van der Waals surface area contributed by atoms with Crippen molar-refractivity contribution >= 4 is 27.5 Å². The van der Waals surface area contributed by atoms with E-state index in [-0.39, 0.29) is 5.91 Å². The summed E-state index contributed by atoms with van der Waals surface area (Å²) in [5.41, 5.74) is 1.21. The van der Waals surface area contributed by atoms with Crippen LogP contribution in [-0.2, 0) is 0 Å². The summed E-state index contributed by atoms with van der Waals surface area (Å²) >= 11 is 3.37. The summed E-state index contributed by atoms with van der Waals surface area (Å²) in [4.78, 5) is 12.2. The van der Waals surface area contributed by atoms with Crippen molar-refractivity contribution in [2.45, 2.75) is 18.9 Å². The molecule has 0 spiro atoms. The van der Waals surface area contributed by atoms with Gasteiger partial charge in [-0.2, -0.15) is 5.10 Å². The van der Waals surface area contributed by atoms with E-state index in [0.29, 0.717) is 11.7 Å². The van der Waals surface area contributed by atoms with Crippen molar-refractivity contribution in [1.29, 1.82) is 0 Å². The van der Waals surface area contributed by atoms with Gasteiger partial charge in [0.25, 0.3) is 5.91 Å². The molecule has 0 bridgehead atoms. The lowest BCUT2D eigenvalue weighted by molar-refractivity contribution is 0.102. The summed E-state index contributed by atoms with van der Waals surface area (Å²) in [6.45, 7) is 1.98. The first kappa shape index (κ1) is 14.3. The van der Waals surface area contributed by atoms with Crippen LogP contribution in [-0.4, -0.2) is 28.8 Å². The third-order valence-electron chi connectivity index (χ3n) is 3.59. The Morgan fingerprint density at radius 2 is 2.14 bits per heavy atom. The van der Waals surface area contributed by atoms with E-state index in [4.69, 9.17) is 0 Å². The van der Waals surface area contributed by atoms with Gasteiger partial charge in [-0.15, -0.1) is 0 Å². The molecule has 3 rings (SSSR count). The van der Waals surface area contributed by atoms with Crippen LogP contribution in [0.2, 0.25) is 0 Å². The maximum absolute atomic E-state index is 12.2. The lowest BCUT2D eigenvalue weighted by Crippen LogP contribution is -2.32. The Morgan fingerprint density at radius 1 is 1.33 bits per heavy atom. The van der Waals surface area contributed by atoms with Crippen molar-refractivity contribution in [3.8, 4) is 0 Å². The number of nitrogens with zero attached hydrogens (tertiary/aromatic N) is 2. The van der Waals surface area contributed by atoms with E-state index in [1.807, 2.05) is 35.1 Å². The Labute approximate surface area is 131 Å². The number of anilines is 1. The van der Waals surface area contributed by atoms with Gasteiger partial charge in [0, 0.05) is 22.9 Å². The van der Waals surface area contributed by atoms with E-state index < -0.39 is 0 Å². The Hall–Kier alpha value is -1.66. The fraction of sp³-hybridized carbons (Fsp3) is 0.333. The molecule has 1 aromatic heterocycles. The van der Waals surface area contributed by atoms with Gasteiger partial charge in [-0.25, -0.2) is 0 Å². The van der Waals surface area contributed by atoms with Crippen molar-refractivity contribution in [2.24, 2.45) is 0 Å². The summed E-state index contributed by atoms with van der Waals surface area (Å²) in [7, 11) is 0. The molecule has 2 aromatic rings. The molecule has 1 aliphatic rings. The molecule has 1 aromatic carbocycles. The first-order valence-corrected chi connectivity index (χ1v) is 7.84. The molecule has 2 heterocycles. The Balaban J connectivity index is 1.67. The van der Waals surface area contributed by atoms with Crippen molar-refractivity contribution in [3.63, 3.8) is 0 Å². The number of aromatic nitrogens is 2. The number of rotatable bonds is 3. The lowest BCUT2D eigenvalue weighted by Gasteiger charge is -2.22. The SMILES string of the molecule is O=C(Nc1ccc(Br)cc1)c1ccn(C2CCCNC2)n1.